The minimum Gasteiger partial charge on any atom is -0.379 e. The number of rotatable bonds is 4. The highest BCUT2D eigenvalue weighted by Gasteiger charge is 2.31. The van der Waals surface area contributed by atoms with Crippen molar-refractivity contribution in [3.05, 3.63) is 57.6 Å². The van der Waals surface area contributed by atoms with Crippen molar-refractivity contribution in [3.8, 4) is 0 Å². The van der Waals surface area contributed by atoms with Gasteiger partial charge in [-0.1, -0.05) is 39.8 Å². The molecule has 2 heterocycles. The van der Waals surface area contributed by atoms with Crippen LogP contribution in [0.1, 0.15) is 40.7 Å². The van der Waals surface area contributed by atoms with Crippen molar-refractivity contribution in [1.82, 2.24) is 9.97 Å². The average Bonchev–Trinajstić information content (AvgIpc) is 2.57. The van der Waals surface area contributed by atoms with Crippen molar-refractivity contribution in [1.29, 1.82) is 0 Å². The second-order valence-corrected chi connectivity index (χ2v) is 8.25. The number of thioether (sulfide) groups is 1. The summed E-state index contributed by atoms with van der Waals surface area (Å²) in [7, 11) is 0. The van der Waals surface area contributed by atoms with Crippen molar-refractivity contribution < 1.29 is 4.79 Å². The lowest BCUT2D eigenvalue weighted by Gasteiger charge is -2.31. The number of amidine groups is 1. The Morgan fingerprint density at radius 3 is 2.84 bits per heavy atom. The van der Waals surface area contributed by atoms with Gasteiger partial charge in [-0.05, 0) is 37.5 Å². The Hall–Kier alpha value is -1.73. The number of hydrogen-bond donors (Lipinski definition) is 1. The number of Topliss-reactive ketones (excluding diaryl/α,β-unsaturated/α-hetero) is 1. The van der Waals surface area contributed by atoms with Gasteiger partial charge in [0.2, 0.25) is 0 Å². The summed E-state index contributed by atoms with van der Waals surface area (Å²) in [4.78, 5) is 25.4. The molecule has 2 aromatic rings. The molecule has 0 saturated heterocycles. The summed E-state index contributed by atoms with van der Waals surface area (Å²) >= 11 is 5.19. The number of carbonyl (C=O) groups is 1. The van der Waals surface area contributed by atoms with Gasteiger partial charge in [-0.2, -0.15) is 0 Å². The van der Waals surface area contributed by atoms with Gasteiger partial charge in [0.05, 0.1) is 17.4 Å². The largest absolute Gasteiger partial charge is 0.379 e. The van der Waals surface area contributed by atoms with Crippen LogP contribution in [0.3, 0.4) is 0 Å². The van der Waals surface area contributed by atoms with Crippen LogP contribution in [0, 0.1) is 6.92 Å². The topological polar surface area (TPSA) is 81.2 Å². The Balaban J connectivity index is 1.88. The van der Waals surface area contributed by atoms with E-state index in [0.29, 0.717) is 10.9 Å². The summed E-state index contributed by atoms with van der Waals surface area (Å²) in [5.74, 6) is 0.883. The first-order valence-corrected chi connectivity index (χ1v) is 9.74. The van der Waals surface area contributed by atoms with Gasteiger partial charge in [-0.25, -0.2) is 4.98 Å². The molecule has 0 amide bonds. The highest BCUT2D eigenvalue weighted by molar-refractivity contribution is 9.10. The zero-order chi connectivity index (χ0) is 18.0. The lowest BCUT2D eigenvalue weighted by atomic mass is 9.88. The van der Waals surface area contributed by atoms with E-state index in [1.54, 1.807) is 18.0 Å². The predicted octanol–water partition coefficient (Wildman–Crippen LogP) is 3.64. The van der Waals surface area contributed by atoms with Gasteiger partial charge in [0.1, 0.15) is 5.69 Å². The van der Waals surface area contributed by atoms with Gasteiger partial charge in [-0.3, -0.25) is 14.8 Å². The number of halogens is 1. The molecular formula is C18H19BrN4OS. The molecule has 0 bridgehead atoms. The first kappa shape index (κ1) is 18.1. The van der Waals surface area contributed by atoms with Crippen LogP contribution in [0.5, 0.6) is 0 Å². The van der Waals surface area contributed by atoms with E-state index in [-0.39, 0.29) is 17.7 Å². The molecule has 0 fully saturated rings. The third-order valence-corrected chi connectivity index (χ3v) is 5.72. The number of nitrogens with zero attached hydrogens (tertiary/aromatic N) is 3. The van der Waals surface area contributed by atoms with Gasteiger partial charge in [-0.15, -0.1) is 0 Å². The van der Waals surface area contributed by atoms with Crippen LogP contribution >= 0.6 is 27.7 Å². The average molecular weight is 419 g/mol. The lowest BCUT2D eigenvalue weighted by Crippen LogP contribution is -2.29. The molecule has 2 N–H and O–H groups in total. The predicted molar refractivity (Wildman–Crippen MR) is 105 cm³/mol. The fraction of sp³-hybridized carbons (Fsp3) is 0.333. The molecule has 1 aromatic carbocycles. The second-order valence-electron chi connectivity index (χ2n) is 6.28. The highest BCUT2D eigenvalue weighted by atomic mass is 79.9. The van der Waals surface area contributed by atoms with Crippen molar-refractivity contribution in [2.45, 2.75) is 32.2 Å². The normalized spacial score (nSPS) is 20.2. The minimum atomic E-state index is -0.378. The zero-order valence-corrected chi connectivity index (χ0v) is 16.5. The summed E-state index contributed by atoms with van der Waals surface area (Å²) < 4.78 is 0.977. The summed E-state index contributed by atoms with van der Waals surface area (Å²) in [5.41, 5.74) is 8.72. The van der Waals surface area contributed by atoms with Gasteiger partial charge in [0.15, 0.2) is 11.0 Å². The fourth-order valence-electron chi connectivity index (χ4n) is 2.79. The quantitative estimate of drug-likeness (QED) is 0.766. The molecule has 3 rings (SSSR count). The third kappa shape index (κ3) is 4.10. The van der Waals surface area contributed by atoms with E-state index in [1.165, 1.54) is 6.20 Å². The molecule has 1 aliphatic rings. The maximum Gasteiger partial charge on any atom is 0.187 e. The van der Waals surface area contributed by atoms with E-state index in [9.17, 15) is 4.79 Å². The van der Waals surface area contributed by atoms with Crippen molar-refractivity contribution in [2.24, 2.45) is 10.7 Å². The Labute approximate surface area is 159 Å². The molecule has 5 nitrogen and oxygen atoms in total. The number of hydrogen-bond acceptors (Lipinski definition) is 6. The molecule has 0 radical (unpaired) electrons. The fourth-order valence-corrected chi connectivity index (χ4v) is 4.44. The number of aryl methyl sites for hydroxylation is 1. The summed E-state index contributed by atoms with van der Waals surface area (Å²) in [6, 6.07) is 5.95. The minimum absolute atomic E-state index is 0.0480. The highest BCUT2D eigenvalue weighted by Crippen LogP contribution is 2.39. The Morgan fingerprint density at radius 1 is 1.36 bits per heavy atom. The van der Waals surface area contributed by atoms with E-state index in [1.807, 2.05) is 25.1 Å². The molecule has 0 saturated carbocycles. The number of carbonyl (C=O) groups excluding carboxylic acids is 1. The Bertz CT molecular complexity index is 837. The number of benzene rings is 1. The Morgan fingerprint density at radius 2 is 2.16 bits per heavy atom. The molecule has 25 heavy (non-hydrogen) atoms. The number of aromatic nitrogens is 2. The maximum atomic E-state index is 12.5. The van der Waals surface area contributed by atoms with Crippen LogP contribution < -0.4 is 5.73 Å². The lowest BCUT2D eigenvalue weighted by molar-refractivity contribution is 0.0987. The first-order valence-electron chi connectivity index (χ1n) is 7.96. The summed E-state index contributed by atoms with van der Waals surface area (Å²) in [5, 5.41) is 0.608. The van der Waals surface area contributed by atoms with Gasteiger partial charge >= 0.3 is 0 Å². The number of nitrogens with two attached hydrogens (primary N) is 1. The molecule has 0 aliphatic carbocycles. The summed E-state index contributed by atoms with van der Waals surface area (Å²) in [6.07, 6.45) is 4.32. The molecule has 1 aliphatic heterocycles. The van der Waals surface area contributed by atoms with Crippen LogP contribution in [-0.2, 0) is 12.0 Å². The molecular weight excluding hydrogens is 400 g/mol. The van der Waals surface area contributed by atoms with E-state index < -0.39 is 0 Å². The smallest absolute Gasteiger partial charge is 0.187 e. The van der Waals surface area contributed by atoms with Gasteiger partial charge in [0.25, 0.3) is 0 Å². The summed E-state index contributed by atoms with van der Waals surface area (Å²) in [6.45, 7) is 3.92. The maximum absolute atomic E-state index is 12.5. The molecule has 0 spiro atoms. The molecule has 130 valence electrons. The van der Waals surface area contributed by atoms with E-state index in [0.717, 1.165) is 33.5 Å². The monoisotopic (exact) mass is 418 g/mol. The SMILES string of the molecule is Cc1cnc(C(=O)Cc2ccc(Br)c(C3(C)CCSC(N)=N3)c2)cn1. The molecule has 1 aromatic heterocycles. The van der Waals surface area contributed by atoms with Crippen molar-refractivity contribution >= 4 is 38.6 Å². The second kappa shape index (κ2) is 7.25. The van der Waals surface area contributed by atoms with Crippen LogP contribution in [-0.4, -0.2) is 26.7 Å². The number of ketones is 1. The van der Waals surface area contributed by atoms with Crippen LogP contribution in [0.15, 0.2) is 40.1 Å². The molecule has 1 unspecified atom stereocenters. The van der Waals surface area contributed by atoms with Gasteiger partial charge in [0, 0.05) is 22.8 Å². The first-order chi connectivity index (χ1) is 11.9. The van der Waals surface area contributed by atoms with E-state index in [2.05, 4.69) is 37.8 Å². The van der Waals surface area contributed by atoms with Crippen LogP contribution in [0.4, 0.5) is 0 Å². The Kier molecular flexibility index (Phi) is 5.24. The molecule has 1 atom stereocenters. The van der Waals surface area contributed by atoms with E-state index >= 15 is 0 Å². The molecule has 7 heteroatoms. The zero-order valence-electron chi connectivity index (χ0n) is 14.1. The van der Waals surface area contributed by atoms with Crippen LogP contribution in [0.2, 0.25) is 0 Å². The van der Waals surface area contributed by atoms with Crippen molar-refractivity contribution in [3.63, 3.8) is 0 Å². The van der Waals surface area contributed by atoms with E-state index in [4.69, 9.17) is 5.73 Å². The van der Waals surface area contributed by atoms with Crippen molar-refractivity contribution in [2.75, 3.05) is 5.75 Å². The number of aliphatic imine (C=N–C) groups is 1. The van der Waals surface area contributed by atoms with Gasteiger partial charge < -0.3 is 5.73 Å². The standard InChI is InChI=1S/C18H19BrN4OS/c1-11-9-22-15(10-21-11)16(24)8-12-3-4-14(19)13(7-12)18(2)5-6-25-17(20)23-18/h3-4,7,9-10H,5-6,8H2,1-2H3,(H2,20,23). The third-order valence-electron chi connectivity index (χ3n) is 4.24. The van der Waals surface area contributed by atoms with Crippen LogP contribution in [0.25, 0.3) is 0 Å².